The summed E-state index contributed by atoms with van der Waals surface area (Å²) in [6.07, 6.45) is 1.65. The fraction of sp³-hybridized carbons (Fsp3) is 0.467. The minimum Gasteiger partial charge on any atom is -0.377 e. The molecule has 0 saturated carbocycles. The number of benzene rings is 1. The van der Waals surface area contributed by atoms with Gasteiger partial charge in [0.25, 0.3) is 0 Å². The Morgan fingerprint density at radius 1 is 1.17 bits per heavy atom. The number of aryl methyl sites for hydroxylation is 2. The number of hydrogen-bond donors (Lipinski definition) is 1. The predicted molar refractivity (Wildman–Crippen MR) is 88.6 cm³/mol. The lowest BCUT2D eigenvalue weighted by Crippen LogP contribution is -2.39. The number of nitrogens with one attached hydrogen (secondary N) is 1. The highest BCUT2D eigenvalue weighted by atomic mass is 32.2. The Labute approximate surface area is 138 Å². The van der Waals surface area contributed by atoms with Crippen LogP contribution in [-0.2, 0) is 28.9 Å². The second-order valence-electron chi connectivity index (χ2n) is 5.87. The largest absolute Gasteiger partial charge is 0.377 e. The van der Waals surface area contributed by atoms with E-state index in [0.717, 1.165) is 17.4 Å². The highest BCUT2D eigenvalue weighted by Gasteiger charge is 2.21. The topological polar surface area (TPSA) is 99.4 Å². The first kappa shape index (κ1) is 16.9. The van der Waals surface area contributed by atoms with Crippen LogP contribution in [0, 0.1) is 0 Å². The summed E-state index contributed by atoms with van der Waals surface area (Å²) >= 11 is 0. The lowest BCUT2D eigenvalue weighted by Gasteiger charge is -2.13. The van der Waals surface area contributed by atoms with Crippen molar-refractivity contribution in [2.24, 2.45) is 14.1 Å². The number of aromatic nitrogens is 2. The number of hydrogen-bond acceptors (Lipinski definition) is 5. The summed E-state index contributed by atoms with van der Waals surface area (Å²) in [6.45, 7) is 0.866. The number of sulfonamides is 1. The van der Waals surface area contributed by atoms with Crippen LogP contribution in [0.4, 0.5) is 0 Å². The van der Waals surface area contributed by atoms with Gasteiger partial charge in [0.2, 0.25) is 10.0 Å². The molecule has 0 bridgehead atoms. The second-order valence-corrected chi connectivity index (χ2v) is 7.63. The molecule has 1 aromatic heterocycles. The third kappa shape index (κ3) is 2.90. The van der Waals surface area contributed by atoms with Gasteiger partial charge in [-0.05, 0) is 31.0 Å². The van der Waals surface area contributed by atoms with Gasteiger partial charge < -0.3 is 13.9 Å². The molecule has 2 heterocycles. The molecule has 8 nitrogen and oxygen atoms in total. The molecule has 24 heavy (non-hydrogen) atoms. The minimum absolute atomic E-state index is 0.0432. The summed E-state index contributed by atoms with van der Waals surface area (Å²) < 4.78 is 35.2. The van der Waals surface area contributed by atoms with E-state index in [2.05, 4.69) is 4.72 Å². The van der Waals surface area contributed by atoms with Crippen LogP contribution in [0.1, 0.15) is 12.8 Å². The van der Waals surface area contributed by atoms with Crippen LogP contribution < -0.4 is 15.8 Å². The fourth-order valence-electron chi connectivity index (χ4n) is 2.82. The Balaban J connectivity index is 2.01. The van der Waals surface area contributed by atoms with Crippen molar-refractivity contribution < 1.29 is 13.2 Å². The van der Waals surface area contributed by atoms with Gasteiger partial charge in [-0.3, -0.25) is 9.59 Å². The molecule has 1 unspecified atom stereocenters. The second kappa shape index (κ2) is 6.15. The number of fused-ring (bicyclic) bond motifs is 1. The van der Waals surface area contributed by atoms with Crippen LogP contribution >= 0.6 is 0 Å². The van der Waals surface area contributed by atoms with E-state index in [1.807, 2.05) is 0 Å². The predicted octanol–water partition coefficient (Wildman–Crippen LogP) is -0.305. The highest BCUT2D eigenvalue weighted by Crippen LogP contribution is 2.17. The highest BCUT2D eigenvalue weighted by molar-refractivity contribution is 7.89. The lowest BCUT2D eigenvalue weighted by molar-refractivity contribution is 0.114. The van der Waals surface area contributed by atoms with Gasteiger partial charge in [-0.15, -0.1) is 0 Å². The van der Waals surface area contributed by atoms with Crippen molar-refractivity contribution in [3.63, 3.8) is 0 Å². The van der Waals surface area contributed by atoms with Gasteiger partial charge in [0.05, 0.1) is 22.0 Å². The van der Waals surface area contributed by atoms with Gasteiger partial charge in [0.15, 0.2) is 0 Å². The number of nitrogens with zero attached hydrogens (tertiary/aromatic N) is 2. The third-order valence-electron chi connectivity index (χ3n) is 4.30. The van der Waals surface area contributed by atoms with Crippen LogP contribution in [0.25, 0.3) is 11.0 Å². The van der Waals surface area contributed by atoms with E-state index in [1.54, 1.807) is 0 Å². The van der Waals surface area contributed by atoms with Crippen molar-refractivity contribution in [1.29, 1.82) is 0 Å². The molecule has 1 fully saturated rings. The molecule has 3 rings (SSSR count). The molecule has 0 aliphatic carbocycles. The first-order chi connectivity index (χ1) is 11.3. The Kier molecular flexibility index (Phi) is 4.33. The molecular weight excluding hydrogens is 334 g/mol. The van der Waals surface area contributed by atoms with E-state index >= 15 is 0 Å². The van der Waals surface area contributed by atoms with Gasteiger partial charge in [0.1, 0.15) is 0 Å². The molecule has 0 amide bonds. The van der Waals surface area contributed by atoms with E-state index in [0.29, 0.717) is 17.6 Å². The lowest BCUT2D eigenvalue weighted by atomic mass is 10.2. The van der Waals surface area contributed by atoms with Gasteiger partial charge in [-0.25, -0.2) is 13.1 Å². The molecule has 2 aromatic rings. The number of rotatable bonds is 4. The smallest absolute Gasteiger partial charge is 0.316 e. The normalized spacial score (nSPS) is 18.3. The van der Waals surface area contributed by atoms with E-state index in [1.165, 1.54) is 36.9 Å². The fourth-order valence-corrected chi connectivity index (χ4v) is 3.91. The first-order valence-electron chi connectivity index (χ1n) is 7.62. The number of ether oxygens (including phenoxy) is 1. The molecule has 1 saturated heterocycles. The van der Waals surface area contributed by atoms with Crippen LogP contribution in [0.5, 0.6) is 0 Å². The summed E-state index contributed by atoms with van der Waals surface area (Å²) in [6, 6.07) is 4.34. The maximum atomic E-state index is 12.5. The van der Waals surface area contributed by atoms with Gasteiger partial charge in [-0.1, -0.05) is 0 Å². The molecule has 1 N–H and O–H groups in total. The molecule has 0 spiro atoms. The molecule has 9 heteroatoms. The van der Waals surface area contributed by atoms with Crippen molar-refractivity contribution in [1.82, 2.24) is 13.9 Å². The SMILES string of the molecule is Cn1c(=O)c(=O)n(C)c2cc(S(=O)(=O)NCC3CCCO3)ccc21. The van der Waals surface area contributed by atoms with E-state index in [4.69, 9.17) is 4.74 Å². The molecule has 130 valence electrons. The average molecular weight is 353 g/mol. The van der Waals surface area contributed by atoms with Crippen LogP contribution in [0.2, 0.25) is 0 Å². The van der Waals surface area contributed by atoms with Gasteiger partial charge in [-0.2, -0.15) is 0 Å². The summed E-state index contributed by atoms with van der Waals surface area (Å²) in [5.41, 5.74) is -0.494. The molecule has 0 radical (unpaired) electrons. The molecule has 1 aliphatic heterocycles. The maximum absolute atomic E-state index is 12.5. The Hall–Kier alpha value is -1.97. The quantitative estimate of drug-likeness (QED) is 0.761. The molecule has 1 aliphatic rings. The van der Waals surface area contributed by atoms with Gasteiger partial charge in [0, 0.05) is 27.2 Å². The summed E-state index contributed by atoms with van der Waals surface area (Å²) in [7, 11) is -0.796. The van der Waals surface area contributed by atoms with Crippen molar-refractivity contribution in [2.45, 2.75) is 23.8 Å². The van der Waals surface area contributed by atoms with Crippen molar-refractivity contribution in [3.8, 4) is 0 Å². The first-order valence-corrected chi connectivity index (χ1v) is 9.10. The van der Waals surface area contributed by atoms with Crippen LogP contribution in [-0.4, -0.2) is 36.8 Å². The monoisotopic (exact) mass is 353 g/mol. The van der Waals surface area contributed by atoms with E-state index < -0.39 is 21.1 Å². The third-order valence-corrected chi connectivity index (χ3v) is 5.72. The van der Waals surface area contributed by atoms with Crippen molar-refractivity contribution in [3.05, 3.63) is 38.9 Å². The Bertz CT molecular complexity index is 1000. The van der Waals surface area contributed by atoms with Crippen molar-refractivity contribution >= 4 is 21.1 Å². The maximum Gasteiger partial charge on any atom is 0.316 e. The average Bonchev–Trinajstić information content (AvgIpc) is 3.09. The van der Waals surface area contributed by atoms with Crippen LogP contribution in [0.15, 0.2) is 32.7 Å². The summed E-state index contributed by atoms with van der Waals surface area (Å²) in [5, 5.41) is 0. The molecular formula is C15H19N3O5S. The van der Waals surface area contributed by atoms with E-state index in [9.17, 15) is 18.0 Å². The van der Waals surface area contributed by atoms with Gasteiger partial charge >= 0.3 is 11.1 Å². The van der Waals surface area contributed by atoms with Crippen molar-refractivity contribution in [2.75, 3.05) is 13.2 Å². The zero-order valence-electron chi connectivity index (χ0n) is 13.5. The Morgan fingerprint density at radius 3 is 2.46 bits per heavy atom. The van der Waals surface area contributed by atoms with Crippen LogP contribution in [0.3, 0.4) is 0 Å². The molecule has 1 aromatic carbocycles. The van der Waals surface area contributed by atoms with E-state index in [-0.39, 0.29) is 17.5 Å². The minimum atomic E-state index is -3.72. The molecule has 1 atom stereocenters. The summed E-state index contributed by atoms with van der Waals surface area (Å²) in [4.78, 5) is 23.8. The standard InChI is InChI=1S/C15H19N3O5S/c1-17-12-6-5-11(8-13(12)18(2)15(20)14(17)19)24(21,22)16-9-10-4-3-7-23-10/h5-6,8,10,16H,3-4,7,9H2,1-2H3. The summed E-state index contributed by atoms with van der Waals surface area (Å²) in [5.74, 6) is 0. The zero-order valence-corrected chi connectivity index (χ0v) is 14.3. The Morgan fingerprint density at radius 2 is 1.83 bits per heavy atom. The zero-order chi connectivity index (χ0) is 17.5.